The van der Waals surface area contributed by atoms with Crippen LogP contribution in [0.1, 0.15) is 26.2 Å². The van der Waals surface area contributed by atoms with Gasteiger partial charge in [0, 0.05) is 5.92 Å². The summed E-state index contributed by atoms with van der Waals surface area (Å²) in [5.74, 6) is 2.91. The minimum Gasteiger partial charge on any atom is -0.198 e. The van der Waals surface area contributed by atoms with Crippen LogP contribution in [0.15, 0.2) is 0 Å². The minimum atomic E-state index is 0.411. The number of rotatable bonds is 0. The molecule has 4 unspecified atom stereocenters. The van der Waals surface area contributed by atoms with Crippen LogP contribution in [-0.4, -0.2) is 0 Å². The lowest BCUT2D eigenvalue weighted by atomic mass is 9.83. The van der Waals surface area contributed by atoms with Gasteiger partial charge in [0.05, 0.1) is 6.07 Å². The third-order valence-electron chi connectivity index (χ3n) is 3.31. The summed E-state index contributed by atoms with van der Waals surface area (Å²) in [5.41, 5.74) is 0. The molecule has 10 heavy (non-hydrogen) atoms. The molecule has 0 aliphatic heterocycles. The third-order valence-corrected chi connectivity index (χ3v) is 3.31. The summed E-state index contributed by atoms with van der Waals surface area (Å²) in [4.78, 5) is 0. The van der Waals surface area contributed by atoms with E-state index in [1.54, 1.807) is 0 Å². The Kier molecular flexibility index (Phi) is 1.23. The monoisotopic (exact) mass is 135 g/mol. The van der Waals surface area contributed by atoms with Gasteiger partial charge in [0.25, 0.3) is 0 Å². The molecule has 54 valence electrons. The number of nitrogens with zero attached hydrogens (tertiary/aromatic N) is 1. The fourth-order valence-corrected chi connectivity index (χ4v) is 2.85. The zero-order valence-electron chi connectivity index (χ0n) is 6.38. The molecule has 2 saturated carbocycles. The number of nitriles is 1. The number of fused-ring (bicyclic) bond motifs is 2. The maximum atomic E-state index is 8.76. The molecule has 2 rings (SSSR count). The highest BCUT2D eigenvalue weighted by molar-refractivity contribution is 5.02. The topological polar surface area (TPSA) is 23.8 Å². The summed E-state index contributed by atoms with van der Waals surface area (Å²) in [7, 11) is 0. The van der Waals surface area contributed by atoms with Gasteiger partial charge >= 0.3 is 0 Å². The summed E-state index contributed by atoms with van der Waals surface area (Å²) in [6.45, 7) is 2.30. The van der Waals surface area contributed by atoms with E-state index in [1.165, 1.54) is 19.3 Å². The Hall–Kier alpha value is -0.510. The highest BCUT2D eigenvalue weighted by Crippen LogP contribution is 2.51. The smallest absolute Gasteiger partial charge is 0.0658 e. The largest absolute Gasteiger partial charge is 0.198 e. The first-order valence-corrected chi connectivity index (χ1v) is 4.21. The van der Waals surface area contributed by atoms with Crippen LogP contribution in [0.4, 0.5) is 0 Å². The van der Waals surface area contributed by atoms with Gasteiger partial charge in [0.2, 0.25) is 0 Å². The van der Waals surface area contributed by atoms with Gasteiger partial charge in [0.1, 0.15) is 0 Å². The third kappa shape index (κ3) is 0.683. The second-order valence-corrected chi connectivity index (χ2v) is 3.95. The molecule has 0 aromatic rings. The highest BCUT2D eigenvalue weighted by Gasteiger charge is 2.43. The van der Waals surface area contributed by atoms with Crippen LogP contribution in [-0.2, 0) is 0 Å². The first kappa shape index (κ1) is 6.22. The minimum absolute atomic E-state index is 0.411. The van der Waals surface area contributed by atoms with Gasteiger partial charge in [-0.25, -0.2) is 0 Å². The maximum Gasteiger partial charge on any atom is 0.0658 e. The highest BCUT2D eigenvalue weighted by atomic mass is 14.5. The predicted molar refractivity (Wildman–Crippen MR) is 39.1 cm³/mol. The van der Waals surface area contributed by atoms with E-state index in [9.17, 15) is 0 Å². The molecular weight excluding hydrogens is 122 g/mol. The van der Waals surface area contributed by atoms with E-state index in [0.29, 0.717) is 5.92 Å². The molecule has 2 aliphatic rings. The summed E-state index contributed by atoms with van der Waals surface area (Å²) >= 11 is 0. The van der Waals surface area contributed by atoms with Gasteiger partial charge in [-0.15, -0.1) is 0 Å². The molecule has 0 heterocycles. The molecule has 0 amide bonds. The van der Waals surface area contributed by atoms with E-state index in [0.717, 1.165) is 17.8 Å². The molecule has 1 heteroatoms. The fraction of sp³-hybridized carbons (Fsp3) is 0.889. The van der Waals surface area contributed by atoms with Crippen LogP contribution < -0.4 is 0 Å². The fourth-order valence-electron chi connectivity index (χ4n) is 2.85. The SMILES string of the molecule is CC1CC2CC(C#N)C1C2. The summed E-state index contributed by atoms with van der Waals surface area (Å²) in [6.07, 6.45) is 3.94. The Labute approximate surface area is 62.0 Å². The van der Waals surface area contributed by atoms with E-state index >= 15 is 0 Å². The Balaban J connectivity index is 2.14. The first-order chi connectivity index (χ1) is 4.81. The molecule has 2 aliphatic carbocycles. The molecule has 0 N–H and O–H groups in total. The molecule has 2 fully saturated rings. The van der Waals surface area contributed by atoms with Crippen molar-refractivity contribution in [1.29, 1.82) is 5.26 Å². The summed E-state index contributed by atoms with van der Waals surface area (Å²) in [6, 6.07) is 2.43. The number of hydrogen-bond acceptors (Lipinski definition) is 1. The predicted octanol–water partition coefficient (Wildman–Crippen LogP) is 2.19. The van der Waals surface area contributed by atoms with Gasteiger partial charge in [-0.05, 0) is 37.0 Å². The average Bonchev–Trinajstić information content (AvgIpc) is 2.44. The molecule has 4 atom stereocenters. The van der Waals surface area contributed by atoms with Crippen molar-refractivity contribution >= 4 is 0 Å². The zero-order chi connectivity index (χ0) is 7.14. The molecule has 0 saturated heterocycles. The summed E-state index contributed by atoms with van der Waals surface area (Å²) in [5, 5.41) is 8.76. The van der Waals surface area contributed by atoms with Gasteiger partial charge in [-0.2, -0.15) is 5.26 Å². The molecule has 1 nitrogen and oxygen atoms in total. The van der Waals surface area contributed by atoms with E-state index in [4.69, 9.17) is 5.26 Å². The Morgan fingerprint density at radius 3 is 2.50 bits per heavy atom. The van der Waals surface area contributed by atoms with Crippen molar-refractivity contribution in [1.82, 2.24) is 0 Å². The molecular formula is C9H13N. The van der Waals surface area contributed by atoms with Crippen LogP contribution in [0.2, 0.25) is 0 Å². The molecule has 0 aromatic carbocycles. The van der Waals surface area contributed by atoms with Crippen molar-refractivity contribution in [3.05, 3.63) is 0 Å². The van der Waals surface area contributed by atoms with Crippen LogP contribution in [0.5, 0.6) is 0 Å². The van der Waals surface area contributed by atoms with Crippen LogP contribution in [0.3, 0.4) is 0 Å². The molecule has 0 radical (unpaired) electrons. The first-order valence-electron chi connectivity index (χ1n) is 4.21. The van der Waals surface area contributed by atoms with E-state index < -0.39 is 0 Å². The Morgan fingerprint density at radius 2 is 2.10 bits per heavy atom. The van der Waals surface area contributed by atoms with Crippen molar-refractivity contribution in [3.8, 4) is 6.07 Å². The van der Waals surface area contributed by atoms with Gasteiger partial charge in [-0.3, -0.25) is 0 Å². The van der Waals surface area contributed by atoms with Crippen molar-refractivity contribution in [3.63, 3.8) is 0 Å². The molecule has 2 bridgehead atoms. The van der Waals surface area contributed by atoms with Crippen LogP contribution in [0, 0.1) is 35.0 Å². The second kappa shape index (κ2) is 1.99. The molecule has 0 spiro atoms. The standard InChI is InChI=1S/C9H13N/c1-6-2-7-3-8(5-10)9(6)4-7/h6-9H,2-4H2,1H3. The second-order valence-electron chi connectivity index (χ2n) is 3.95. The Morgan fingerprint density at radius 1 is 1.30 bits per heavy atom. The zero-order valence-corrected chi connectivity index (χ0v) is 6.38. The van der Waals surface area contributed by atoms with Crippen LogP contribution >= 0.6 is 0 Å². The van der Waals surface area contributed by atoms with Crippen molar-refractivity contribution in [2.24, 2.45) is 23.7 Å². The van der Waals surface area contributed by atoms with Crippen molar-refractivity contribution in [2.45, 2.75) is 26.2 Å². The van der Waals surface area contributed by atoms with Crippen LogP contribution in [0.25, 0.3) is 0 Å². The lowest BCUT2D eigenvalue weighted by Crippen LogP contribution is -2.15. The summed E-state index contributed by atoms with van der Waals surface area (Å²) < 4.78 is 0. The van der Waals surface area contributed by atoms with Gasteiger partial charge < -0.3 is 0 Å². The Bertz CT molecular complexity index is 180. The van der Waals surface area contributed by atoms with Crippen molar-refractivity contribution < 1.29 is 0 Å². The normalized spacial score (nSPS) is 51.2. The quantitative estimate of drug-likeness (QED) is 0.499. The van der Waals surface area contributed by atoms with Crippen molar-refractivity contribution in [2.75, 3.05) is 0 Å². The lowest BCUT2D eigenvalue weighted by Gasteiger charge is -2.20. The van der Waals surface area contributed by atoms with E-state index in [2.05, 4.69) is 13.0 Å². The van der Waals surface area contributed by atoms with Gasteiger partial charge in [0.15, 0.2) is 0 Å². The average molecular weight is 135 g/mol. The number of hydrogen-bond donors (Lipinski definition) is 0. The molecule has 0 aromatic heterocycles. The lowest BCUT2D eigenvalue weighted by molar-refractivity contribution is 0.303. The van der Waals surface area contributed by atoms with E-state index in [-0.39, 0.29) is 0 Å². The van der Waals surface area contributed by atoms with E-state index in [1.807, 2.05) is 0 Å². The maximum absolute atomic E-state index is 8.76. The van der Waals surface area contributed by atoms with Gasteiger partial charge in [-0.1, -0.05) is 6.92 Å².